The standard InChI is InChI=1S/C21H15FN2O4/c1-4-14-15(11-8-12-16(14)22)18-17(20(25)27-2)19(21(26)28-3)24(23-18)13-9-6-5-7-10-13/h1,5-12H,2-3H3. The Balaban J connectivity index is 2.43. The van der Waals surface area contributed by atoms with Crippen molar-refractivity contribution in [2.24, 2.45) is 0 Å². The maximum absolute atomic E-state index is 14.2. The van der Waals surface area contributed by atoms with Crippen molar-refractivity contribution in [1.29, 1.82) is 0 Å². The van der Waals surface area contributed by atoms with Gasteiger partial charge in [-0.1, -0.05) is 36.3 Å². The molecule has 2 aromatic carbocycles. The molecule has 7 heteroatoms. The smallest absolute Gasteiger partial charge is 0.357 e. The van der Waals surface area contributed by atoms with Gasteiger partial charge >= 0.3 is 11.9 Å². The van der Waals surface area contributed by atoms with Gasteiger partial charge in [0.1, 0.15) is 17.1 Å². The largest absolute Gasteiger partial charge is 0.465 e. The molecule has 0 bridgehead atoms. The first-order chi connectivity index (χ1) is 13.5. The molecule has 140 valence electrons. The number of aromatic nitrogens is 2. The second-order valence-corrected chi connectivity index (χ2v) is 5.61. The molecule has 3 rings (SSSR count). The van der Waals surface area contributed by atoms with Gasteiger partial charge in [-0.25, -0.2) is 18.7 Å². The van der Waals surface area contributed by atoms with Gasteiger partial charge in [0.05, 0.1) is 25.5 Å². The minimum Gasteiger partial charge on any atom is -0.465 e. The van der Waals surface area contributed by atoms with E-state index in [0.29, 0.717) is 5.69 Å². The highest BCUT2D eigenvalue weighted by molar-refractivity contribution is 6.07. The fourth-order valence-electron chi connectivity index (χ4n) is 2.81. The highest BCUT2D eigenvalue weighted by Crippen LogP contribution is 2.32. The molecule has 0 atom stereocenters. The SMILES string of the molecule is C#Cc1c(F)cccc1-c1nn(-c2ccccc2)c(C(=O)OC)c1C(=O)OC. The molecule has 0 saturated heterocycles. The zero-order chi connectivity index (χ0) is 20.3. The molecule has 0 radical (unpaired) electrons. The predicted molar refractivity (Wildman–Crippen MR) is 99.6 cm³/mol. The molecule has 1 aromatic heterocycles. The number of nitrogens with zero attached hydrogens (tertiary/aromatic N) is 2. The van der Waals surface area contributed by atoms with Crippen LogP contribution in [-0.2, 0) is 9.47 Å². The van der Waals surface area contributed by atoms with Gasteiger partial charge in [-0.15, -0.1) is 6.42 Å². The Morgan fingerprint density at radius 2 is 1.71 bits per heavy atom. The summed E-state index contributed by atoms with van der Waals surface area (Å²) in [7, 11) is 2.35. The normalized spacial score (nSPS) is 10.2. The summed E-state index contributed by atoms with van der Waals surface area (Å²) in [5.74, 6) is -0.0157. The van der Waals surface area contributed by atoms with Crippen molar-refractivity contribution in [3.05, 3.63) is 71.2 Å². The van der Waals surface area contributed by atoms with Crippen LogP contribution in [0.15, 0.2) is 48.5 Å². The van der Waals surface area contributed by atoms with Gasteiger partial charge in [-0.05, 0) is 18.2 Å². The lowest BCUT2D eigenvalue weighted by atomic mass is 10.00. The Morgan fingerprint density at radius 1 is 1.04 bits per heavy atom. The Labute approximate surface area is 160 Å². The summed E-state index contributed by atoms with van der Waals surface area (Å²) >= 11 is 0. The lowest BCUT2D eigenvalue weighted by Gasteiger charge is -2.07. The van der Waals surface area contributed by atoms with Crippen LogP contribution in [0.1, 0.15) is 26.4 Å². The van der Waals surface area contributed by atoms with E-state index in [2.05, 4.69) is 11.0 Å². The molecule has 6 nitrogen and oxygen atoms in total. The molecule has 0 spiro atoms. The van der Waals surface area contributed by atoms with Gasteiger partial charge < -0.3 is 9.47 Å². The number of methoxy groups -OCH3 is 2. The zero-order valence-electron chi connectivity index (χ0n) is 15.1. The molecule has 28 heavy (non-hydrogen) atoms. The number of halogens is 1. The first-order valence-electron chi connectivity index (χ1n) is 8.14. The maximum Gasteiger partial charge on any atom is 0.357 e. The fraction of sp³-hybridized carbons (Fsp3) is 0.0952. The first kappa shape index (κ1) is 18.9. The average molecular weight is 378 g/mol. The average Bonchev–Trinajstić information content (AvgIpc) is 3.13. The van der Waals surface area contributed by atoms with Crippen molar-refractivity contribution in [1.82, 2.24) is 9.78 Å². The number of rotatable bonds is 4. The number of para-hydroxylation sites is 1. The number of esters is 2. The third-order valence-electron chi connectivity index (χ3n) is 4.07. The van der Waals surface area contributed by atoms with Gasteiger partial charge in [-0.2, -0.15) is 5.10 Å². The molecular formula is C21H15FN2O4. The summed E-state index contributed by atoms with van der Waals surface area (Å²) < 4.78 is 25.2. The third-order valence-corrected chi connectivity index (χ3v) is 4.07. The molecule has 0 aliphatic rings. The topological polar surface area (TPSA) is 70.4 Å². The number of carbonyl (C=O) groups is 2. The van der Waals surface area contributed by atoms with E-state index in [0.717, 1.165) is 0 Å². The van der Waals surface area contributed by atoms with Crippen LogP contribution in [-0.4, -0.2) is 35.9 Å². The van der Waals surface area contributed by atoms with Gasteiger partial charge in [-0.3, -0.25) is 0 Å². The Kier molecular flexibility index (Phi) is 5.23. The van der Waals surface area contributed by atoms with Crippen LogP contribution in [0.3, 0.4) is 0 Å². The van der Waals surface area contributed by atoms with Gasteiger partial charge in [0.25, 0.3) is 0 Å². The van der Waals surface area contributed by atoms with E-state index in [9.17, 15) is 14.0 Å². The molecule has 0 unspecified atom stereocenters. The highest BCUT2D eigenvalue weighted by atomic mass is 19.1. The molecule has 0 fully saturated rings. The van der Waals surface area contributed by atoms with Crippen molar-refractivity contribution < 1.29 is 23.5 Å². The van der Waals surface area contributed by atoms with Crippen LogP contribution in [0.2, 0.25) is 0 Å². The van der Waals surface area contributed by atoms with Crippen LogP contribution >= 0.6 is 0 Å². The lowest BCUT2D eigenvalue weighted by Crippen LogP contribution is -2.15. The summed E-state index contributed by atoms with van der Waals surface area (Å²) in [6.07, 6.45) is 5.46. The summed E-state index contributed by atoms with van der Waals surface area (Å²) in [5.41, 5.74) is 0.300. The number of benzene rings is 2. The number of hydrogen-bond donors (Lipinski definition) is 0. The second kappa shape index (κ2) is 7.76. The van der Waals surface area contributed by atoms with Crippen LogP contribution in [0.25, 0.3) is 16.9 Å². The van der Waals surface area contributed by atoms with E-state index < -0.39 is 17.8 Å². The summed E-state index contributed by atoms with van der Waals surface area (Å²) in [6, 6.07) is 12.8. The third kappa shape index (κ3) is 3.12. The van der Waals surface area contributed by atoms with Gasteiger partial charge in [0, 0.05) is 5.56 Å². The van der Waals surface area contributed by atoms with E-state index in [4.69, 9.17) is 15.9 Å². The summed E-state index contributed by atoms with van der Waals surface area (Å²) in [4.78, 5) is 25.1. The van der Waals surface area contributed by atoms with E-state index in [1.807, 2.05) is 0 Å². The number of ether oxygens (including phenoxy) is 2. The number of hydrogen-bond acceptors (Lipinski definition) is 5. The zero-order valence-corrected chi connectivity index (χ0v) is 15.1. The molecule has 0 amide bonds. The van der Waals surface area contributed by atoms with E-state index in [-0.39, 0.29) is 28.1 Å². The fourth-order valence-corrected chi connectivity index (χ4v) is 2.81. The maximum atomic E-state index is 14.2. The molecule has 0 N–H and O–H groups in total. The van der Waals surface area contributed by atoms with Crippen molar-refractivity contribution in [3.8, 4) is 29.3 Å². The Hall–Kier alpha value is -3.92. The monoisotopic (exact) mass is 378 g/mol. The number of carbonyl (C=O) groups excluding carboxylic acids is 2. The molecule has 1 heterocycles. The van der Waals surface area contributed by atoms with Gasteiger partial charge in [0.15, 0.2) is 5.69 Å². The van der Waals surface area contributed by atoms with Crippen molar-refractivity contribution >= 4 is 11.9 Å². The Bertz CT molecular complexity index is 1100. The lowest BCUT2D eigenvalue weighted by molar-refractivity contribution is 0.0549. The predicted octanol–water partition coefficient (Wildman–Crippen LogP) is 3.23. The van der Waals surface area contributed by atoms with Crippen LogP contribution in [0.5, 0.6) is 0 Å². The van der Waals surface area contributed by atoms with E-state index in [1.165, 1.54) is 37.1 Å². The summed E-state index contributed by atoms with van der Waals surface area (Å²) in [6.45, 7) is 0. The van der Waals surface area contributed by atoms with E-state index in [1.54, 1.807) is 30.3 Å². The highest BCUT2D eigenvalue weighted by Gasteiger charge is 2.32. The molecule has 0 aliphatic carbocycles. The molecule has 0 saturated carbocycles. The van der Waals surface area contributed by atoms with Crippen LogP contribution < -0.4 is 0 Å². The second-order valence-electron chi connectivity index (χ2n) is 5.61. The minimum atomic E-state index is -0.829. The Morgan fingerprint density at radius 3 is 2.32 bits per heavy atom. The number of terminal acetylenes is 1. The molecular weight excluding hydrogens is 363 g/mol. The summed E-state index contributed by atoms with van der Waals surface area (Å²) in [5, 5.41) is 4.39. The minimum absolute atomic E-state index is 0.0172. The van der Waals surface area contributed by atoms with Crippen molar-refractivity contribution in [3.63, 3.8) is 0 Å². The van der Waals surface area contributed by atoms with Crippen molar-refractivity contribution in [2.45, 2.75) is 0 Å². The van der Waals surface area contributed by atoms with Crippen molar-refractivity contribution in [2.75, 3.05) is 14.2 Å². The van der Waals surface area contributed by atoms with Gasteiger partial charge in [0.2, 0.25) is 0 Å². The molecule has 0 aliphatic heterocycles. The van der Waals surface area contributed by atoms with Crippen LogP contribution in [0.4, 0.5) is 4.39 Å². The van der Waals surface area contributed by atoms with Crippen LogP contribution in [0, 0.1) is 18.2 Å². The first-order valence-corrected chi connectivity index (χ1v) is 8.14. The quantitative estimate of drug-likeness (QED) is 0.515. The molecule has 3 aromatic rings. The van der Waals surface area contributed by atoms with E-state index >= 15 is 0 Å².